The zero-order valence-electron chi connectivity index (χ0n) is 9.30. The van der Waals surface area contributed by atoms with Crippen LogP contribution in [-0.2, 0) is 16.1 Å². The molecule has 2 atom stereocenters. The molecule has 0 unspecified atom stereocenters. The zero-order valence-corrected chi connectivity index (χ0v) is 9.30. The molecule has 1 aliphatic carbocycles. The summed E-state index contributed by atoms with van der Waals surface area (Å²) in [5, 5.41) is 0. The minimum atomic E-state index is -0.258. The van der Waals surface area contributed by atoms with Crippen molar-refractivity contribution < 1.29 is 9.59 Å². The van der Waals surface area contributed by atoms with Crippen molar-refractivity contribution in [2.24, 2.45) is 11.8 Å². The number of hydrogen-bond acceptors (Lipinski definition) is 2. The fourth-order valence-electron chi connectivity index (χ4n) is 2.46. The van der Waals surface area contributed by atoms with Crippen molar-refractivity contribution in [1.29, 1.82) is 0 Å². The lowest BCUT2D eigenvalue weighted by atomic mass is 9.99. The Hall–Kier alpha value is -1.90. The fourth-order valence-corrected chi connectivity index (χ4v) is 2.46. The van der Waals surface area contributed by atoms with Gasteiger partial charge in [0, 0.05) is 0 Å². The molecular formula is C14H12NO2. The second-order valence-corrected chi connectivity index (χ2v) is 4.46. The van der Waals surface area contributed by atoms with Crippen LogP contribution >= 0.6 is 0 Å². The Labute approximate surface area is 99.7 Å². The number of amides is 2. The third kappa shape index (κ3) is 1.58. The molecule has 2 amide bonds. The molecule has 0 spiro atoms. The summed E-state index contributed by atoms with van der Waals surface area (Å²) >= 11 is 0. The smallest absolute Gasteiger partial charge is 0.237 e. The Balaban J connectivity index is 1.83. The lowest BCUT2D eigenvalue weighted by molar-refractivity contribution is -0.140. The highest BCUT2D eigenvalue weighted by atomic mass is 16.2. The van der Waals surface area contributed by atoms with E-state index in [4.69, 9.17) is 0 Å². The number of carbonyl (C=O) groups is 2. The number of allylic oxidation sites excluding steroid dienone is 1. The van der Waals surface area contributed by atoms with Gasteiger partial charge in [-0.2, -0.15) is 0 Å². The van der Waals surface area contributed by atoms with Crippen LogP contribution in [0.15, 0.2) is 36.4 Å². The first kappa shape index (κ1) is 10.3. The van der Waals surface area contributed by atoms with Gasteiger partial charge in [-0.15, -0.1) is 0 Å². The molecule has 0 saturated carbocycles. The van der Waals surface area contributed by atoms with Crippen molar-refractivity contribution in [3.05, 3.63) is 48.0 Å². The van der Waals surface area contributed by atoms with Gasteiger partial charge in [0.05, 0.1) is 18.4 Å². The second-order valence-electron chi connectivity index (χ2n) is 4.46. The number of rotatable bonds is 2. The molecule has 2 aliphatic rings. The summed E-state index contributed by atoms with van der Waals surface area (Å²) < 4.78 is 0. The van der Waals surface area contributed by atoms with Crippen LogP contribution in [0.4, 0.5) is 0 Å². The molecule has 0 bridgehead atoms. The second kappa shape index (κ2) is 3.84. The number of fused-ring (bicyclic) bond motifs is 1. The van der Waals surface area contributed by atoms with E-state index < -0.39 is 0 Å². The molecule has 1 radical (unpaired) electrons. The molecule has 3 heteroatoms. The topological polar surface area (TPSA) is 37.4 Å². The van der Waals surface area contributed by atoms with E-state index in [0.717, 1.165) is 5.56 Å². The summed E-state index contributed by atoms with van der Waals surface area (Å²) in [5.41, 5.74) is 0.988. The Kier molecular flexibility index (Phi) is 2.32. The van der Waals surface area contributed by atoms with Crippen LogP contribution < -0.4 is 0 Å². The van der Waals surface area contributed by atoms with Crippen LogP contribution in [0.5, 0.6) is 0 Å². The molecule has 1 aromatic carbocycles. The van der Waals surface area contributed by atoms with Gasteiger partial charge in [0.25, 0.3) is 0 Å². The molecule has 85 valence electrons. The number of hydrogen-bond donors (Lipinski definition) is 0. The SMILES string of the molecule is O=C1[C@H]2C[C]=C[C@H]2C(=O)N1Cc1ccccc1. The van der Waals surface area contributed by atoms with Crippen molar-refractivity contribution >= 4 is 11.8 Å². The van der Waals surface area contributed by atoms with Gasteiger partial charge >= 0.3 is 0 Å². The number of likely N-dealkylation sites (tertiary alicyclic amines) is 1. The molecule has 1 aliphatic heterocycles. The van der Waals surface area contributed by atoms with Crippen molar-refractivity contribution in [3.8, 4) is 0 Å². The summed E-state index contributed by atoms with van der Waals surface area (Å²) in [7, 11) is 0. The molecule has 0 aromatic heterocycles. The predicted octanol–water partition coefficient (Wildman–Crippen LogP) is 1.55. The van der Waals surface area contributed by atoms with E-state index in [1.54, 1.807) is 6.08 Å². The van der Waals surface area contributed by atoms with E-state index in [2.05, 4.69) is 6.08 Å². The van der Waals surface area contributed by atoms with E-state index in [1.807, 2.05) is 30.3 Å². The Bertz CT molecular complexity index is 492. The molecule has 3 nitrogen and oxygen atoms in total. The van der Waals surface area contributed by atoms with Crippen LogP contribution in [0.1, 0.15) is 12.0 Å². The largest absolute Gasteiger partial charge is 0.277 e. The quantitative estimate of drug-likeness (QED) is 0.717. The maximum atomic E-state index is 12.0. The van der Waals surface area contributed by atoms with Gasteiger partial charge in [0.15, 0.2) is 0 Å². The number of benzene rings is 1. The van der Waals surface area contributed by atoms with Crippen LogP contribution in [0.25, 0.3) is 0 Å². The molecule has 3 rings (SSSR count). The van der Waals surface area contributed by atoms with Gasteiger partial charge in [-0.05, 0) is 18.1 Å². The van der Waals surface area contributed by atoms with Gasteiger partial charge in [-0.3, -0.25) is 14.5 Å². The first-order valence-corrected chi connectivity index (χ1v) is 5.73. The summed E-state index contributed by atoms with van der Waals surface area (Å²) in [4.78, 5) is 25.5. The summed E-state index contributed by atoms with van der Waals surface area (Å²) in [6.07, 6.45) is 5.31. The third-order valence-corrected chi connectivity index (χ3v) is 3.39. The monoisotopic (exact) mass is 226 g/mol. The van der Waals surface area contributed by atoms with Crippen molar-refractivity contribution in [2.45, 2.75) is 13.0 Å². The first-order valence-electron chi connectivity index (χ1n) is 5.73. The molecule has 0 N–H and O–H groups in total. The average molecular weight is 226 g/mol. The molecule has 1 heterocycles. The number of nitrogens with zero attached hydrogens (tertiary/aromatic N) is 1. The molecule has 1 fully saturated rings. The van der Waals surface area contributed by atoms with Crippen molar-refractivity contribution in [3.63, 3.8) is 0 Å². The van der Waals surface area contributed by atoms with Crippen molar-refractivity contribution in [1.82, 2.24) is 4.90 Å². The van der Waals surface area contributed by atoms with E-state index in [-0.39, 0.29) is 23.7 Å². The van der Waals surface area contributed by atoms with Gasteiger partial charge in [-0.25, -0.2) is 0 Å². The number of imide groups is 1. The first-order chi connectivity index (χ1) is 8.27. The van der Waals surface area contributed by atoms with E-state index in [0.29, 0.717) is 13.0 Å². The highest BCUT2D eigenvalue weighted by Crippen LogP contribution is 2.35. The van der Waals surface area contributed by atoms with Gasteiger partial charge in [0.1, 0.15) is 0 Å². The van der Waals surface area contributed by atoms with Gasteiger partial charge in [0.2, 0.25) is 11.8 Å². The van der Waals surface area contributed by atoms with Crippen LogP contribution in [0.3, 0.4) is 0 Å². The van der Waals surface area contributed by atoms with Gasteiger partial charge < -0.3 is 0 Å². The number of carbonyl (C=O) groups excluding carboxylic acids is 2. The molecule has 1 aromatic rings. The Morgan fingerprint density at radius 2 is 1.94 bits per heavy atom. The van der Waals surface area contributed by atoms with Crippen LogP contribution in [-0.4, -0.2) is 16.7 Å². The Morgan fingerprint density at radius 1 is 1.18 bits per heavy atom. The Morgan fingerprint density at radius 3 is 2.65 bits per heavy atom. The fraction of sp³-hybridized carbons (Fsp3) is 0.286. The highest BCUT2D eigenvalue weighted by molar-refractivity contribution is 6.06. The molecular weight excluding hydrogens is 214 g/mol. The zero-order chi connectivity index (χ0) is 11.8. The molecule has 1 saturated heterocycles. The highest BCUT2D eigenvalue weighted by Gasteiger charge is 2.47. The van der Waals surface area contributed by atoms with E-state index in [9.17, 15) is 9.59 Å². The van der Waals surface area contributed by atoms with Crippen molar-refractivity contribution in [2.75, 3.05) is 0 Å². The minimum absolute atomic E-state index is 0.0508. The van der Waals surface area contributed by atoms with Crippen LogP contribution in [0.2, 0.25) is 0 Å². The molecule has 17 heavy (non-hydrogen) atoms. The van der Waals surface area contributed by atoms with E-state index in [1.165, 1.54) is 4.90 Å². The normalized spacial score (nSPS) is 26.7. The third-order valence-electron chi connectivity index (χ3n) is 3.39. The van der Waals surface area contributed by atoms with E-state index >= 15 is 0 Å². The predicted molar refractivity (Wildman–Crippen MR) is 61.4 cm³/mol. The van der Waals surface area contributed by atoms with Gasteiger partial charge in [-0.1, -0.05) is 36.4 Å². The maximum absolute atomic E-state index is 12.0. The lowest BCUT2D eigenvalue weighted by Gasteiger charge is -2.14. The summed E-state index contributed by atoms with van der Waals surface area (Å²) in [5.74, 6) is -0.573. The lowest BCUT2D eigenvalue weighted by Crippen LogP contribution is -2.30. The maximum Gasteiger partial charge on any atom is 0.237 e. The summed E-state index contributed by atoms with van der Waals surface area (Å²) in [6, 6.07) is 9.60. The summed E-state index contributed by atoms with van der Waals surface area (Å²) in [6.45, 7) is 0.388. The standard InChI is InChI=1S/C14H12NO2/c16-13-11-7-4-8-12(11)14(17)15(13)9-10-5-2-1-3-6-10/h1-3,5-7,11-12H,8-9H2/t11-,12+/m1/s1. The minimum Gasteiger partial charge on any atom is -0.277 e. The van der Waals surface area contributed by atoms with Crippen LogP contribution in [0, 0.1) is 17.9 Å². The average Bonchev–Trinajstić information content (AvgIpc) is 2.91.